The van der Waals surface area contributed by atoms with Crippen molar-refractivity contribution < 1.29 is 36.3 Å². The maximum atomic E-state index is 14.7. The molecule has 6 nitrogen and oxygen atoms in total. The zero-order chi connectivity index (χ0) is 30.4. The number of carbonyl (C=O) groups is 3. The Morgan fingerprint density at radius 1 is 0.805 bits per heavy atom. The second-order valence-corrected chi connectivity index (χ2v) is 11.3. The summed E-state index contributed by atoms with van der Waals surface area (Å²) in [7, 11) is 0. The number of amides is 3. The van der Waals surface area contributed by atoms with Gasteiger partial charge in [-0.1, -0.05) is 40.9 Å². The van der Waals surface area contributed by atoms with E-state index in [1.807, 2.05) is 5.32 Å². The lowest BCUT2D eigenvalue weighted by Crippen LogP contribution is -2.31. The van der Waals surface area contributed by atoms with Gasteiger partial charge in [0, 0.05) is 11.6 Å². The van der Waals surface area contributed by atoms with Crippen molar-refractivity contribution in [3.63, 3.8) is 0 Å². The standard InChI is InChI=1S/C25H13Cl5F5N3O3/c26-12-4-2-10(36-22(40)18-17(24(18,29)30)9-1-3-13(27)14(28)7-9)8-11(12)21(39)37-16-6-5-15(31)20(19(16)32)38-23(41)25(33,34)35/h1-8,17-18H,(H,36,40)(H,37,39)(H,38,41)/t17-,18+/m0/s1. The van der Waals surface area contributed by atoms with E-state index in [0.29, 0.717) is 16.7 Å². The van der Waals surface area contributed by atoms with Crippen LogP contribution in [0, 0.1) is 17.6 Å². The molecule has 0 saturated heterocycles. The predicted octanol–water partition coefficient (Wildman–Crippen LogP) is 8.20. The van der Waals surface area contributed by atoms with Gasteiger partial charge in [0.15, 0.2) is 5.82 Å². The van der Waals surface area contributed by atoms with Crippen LogP contribution in [0.3, 0.4) is 0 Å². The van der Waals surface area contributed by atoms with Crippen molar-refractivity contribution in [3.8, 4) is 0 Å². The highest BCUT2D eigenvalue weighted by molar-refractivity contribution is 6.53. The number of benzene rings is 3. The molecule has 3 aromatic carbocycles. The number of rotatable bonds is 6. The number of nitrogens with one attached hydrogen (secondary N) is 3. The van der Waals surface area contributed by atoms with Crippen LogP contribution in [0.15, 0.2) is 48.5 Å². The van der Waals surface area contributed by atoms with E-state index in [1.165, 1.54) is 24.3 Å². The summed E-state index contributed by atoms with van der Waals surface area (Å²) in [5.41, 5.74) is -1.87. The molecule has 1 fully saturated rings. The first kappa shape index (κ1) is 31.1. The van der Waals surface area contributed by atoms with Crippen LogP contribution in [0.2, 0.25) is 15.1 Å². The molecule has 216 valence electrons. The second-order valence-electron chi connectivity index (χ2n) is 8.68. The van der Waals surface area contributed by atoms with Gasteiger partial charge in [-0.05, 0) is 48.0 Å². The van der Waals surface area contributed by atoms with Gasteiger partial charge >= 0.3 is 12.1 Å². The molecule has 3 aromatic rings. The summed E-state index contributed by atoms with van der Waals surface area (Å²) >= 11 is 30.8. The average molecular weight is 676 g/mol. The van der Waals surface area contributed by atoms with Crippen LogP contribution >= 0.6 is 58.0 Å². The summed E-state index contributed by atoms with van der Waals surface area (Å²) in [4.78, 5) is 37.0. The van der Waals surface area contributed by atoms with Crippen molar-refractivity contribution in [2.75, 3.05) is 16.0 Å². The van der Waals surface area contributed by atoms with Crippen LogP contribution in [0.25, 0.3) is 0 Å². The molecule has 3 amide bonds. The molecule has 41 heavy (non-hydrogen) atoms. The molecule has 16 heteroatoms. The van der Waals surface area contributed by atoms with Crippen molar-refractivity contribution in [1.82, 2.24) is 0 Å². The number of halogens is 10. The number of hydrogen-bond donors (Lipinski definition) is 3. The number of carbonyl (C=O) groups excluding carboxylic acids is 3. The third-order valence-electron chi connectivity index (χ3n) is 5.95. The Bertz CT molecular complexity index is 1590. The van der Waals surface area contributed by atoms with E-state index in [4.69, 9.17) is 58.0 Å². The molecular weight excluding hydrogens is 663 g/mol. The molecule has 0 heterocycles. The van der Waals surface area contributed by atoms with Crippen LogP contribution in [-0.4, -0.2) is 28.2 Å². The molecule has 1 saturated carbocycles. The van der Waals surface area contributed by atoms with E-state index >= 15 is 0 Å². The van der Waals surface area contributed by atoms with Crippen molar-refractivity contribution in [2.45, 2.75) is 16.4 Å². The summed E-state index contributed by atoms with van der Waals surface area (Å²) in [6, 6.07) is 9.64. The van der Waals surface area contributed by atoms with Gasteiger partial charge in [-0.25, -0.2) is 8.78 Å². The van der Waals surface area contributed by atoms with E-state index in [-0.39, 0.29) is 21.3 Å². The molecule has 0 unspecified atom stereocenters. The number of alkyl halides is 5. The van der Waals surface area contributed by atoms with Crippen LogP contribution < -0.4 is 16.0 Å². The Morgan fingerprint density at radius 2 is 1.46 bits per heavy atom. The zero-order valence-corrected chi connectivity index (χ0v) is 23.6. The Balaban J connectivity index is 1.52. The van der Waals surface area contributed by atoms with Gasteiger partial charge < -0.3 is 16.0 Å². The van der Waals surface area contributed by atoms with Crippen molar-refractivity contribution in [3.05, 3.63) is 86.4 Å². The van der Waals surface area contributed by atoms with E-state index < -0.39 is 63.1 Å². The summed E-state index contributed by atoms with van der Waals surface area (Å²) in [6.07, 6.45) is -5.43. The Kier molecular flexibility index (Phi) is 8.69. The van der Waals surface area contributed by atoms with Gasteiger partial charge in [-0.15, -0.1) is 23.2 Å². The van der Waals surface area contributed by atoms with Gasteiger partial charge in [-0.2, -0.15) is 13.2 Å². The molecule has 0 aromatic heterocycles. The monoisotopic (exact) mass is 673 g/mol. The zero-order valence-electron chi connectivity index (χ0n) is 19.8. The first-order valence-electron chi connectivity index (χ1n) is 11.1. The molecule has 0 bridgehead atoms. The lowest BCUT2D eigenvalue weighted by Gasteiger charge is -2.14. The minimum absolute atomic E-state index is 0.0613. The average Bonchev–Trinajstić information content (AvgIpc) is 3.47. The fourth-order valence-corrected chi connectivity index (χ4v) is 5.25. The Labute approximate surface area is 253 Å². The van der Waals surface area contributed by atoms with Crippen LogP contribution in [0.1, 0.15) is 21.8 Å². The van der Waals surface area contributed by atoms with Gasteiger partial charge in [0.2, 0.25) is 5.91 Å². The van der Waals surface area contributed by atoms with Crippen LogP contribution in [0.4, 0.5) is 39.0 Å². The smallest absolute Gasteiger partial charge is 0.326 e. The fraction of sp³-hybridized carbons (Fsp3) is 0.160. The summed E-state index contributed by atoms with van der Waals surface area (Å²) in [5.74, 6) is -9.07. The highest BCUT2D eigenvalue weighted by Gasteiger charge is 2.67. The van der Waals surface area contributed by atoms with E-state index in [2.05, 4.69) is 5.32 Å². The van der Waals surface area contributed by atoms with E-state index in [9.17, 15) is 36.3 Å². The molecule has 4 rings (SSSR count). The molecule has 0 spiro atoms. The molecule has 1 aliphatic carbocycles. The first-order valence-corrected chi connectivity index (χ1v) is 13.0. The Hall–Kier alpha value is -2.83. The summed E-state index contributed by atoms with van der Waals surface area (Å²) in [6.45, 7) is 0. The minimum Gasteiger partial charge on any atom is -0.326 e. The van der Waals surface area contributed by atoms with Gasteiger partial charge in [-0.3, -0.25) is 14.4 Å². The first-order chi connectivity index (χ1) is 19.0. The van der Waals surface area contributed by atoms with Crippen molar-refractivity contribution in [2.24, 2.45) is 5.92 Å². The molecule has 0 radical (unpaired) electrons. The SMILES string of the molecule is O=C(Nc1ccc(F)c(NC(=O)C(F)(F)F)c1F)c1cc(NC(=O)[C@H]2[C@H](c3ccc(Cl)c(Cl)c3)C2(Cl)Cl)ccc1Cl. The summed E-state index contributed by atoms with van der Waals surface area (Å²) in [5, 5.41) is 6.05. The predicted molar refractivity (Wildman–Crippen MR) is 146 cm³/mol. The van der Waals surface area contributed by atoms with Crippen molar-refractivity contribution >= 4 is 92.8 Å². The molecule has 0 aliphatic heterocycles. The maximum absolute atomic E-state index is 14.7. The number of hydrogen-bond acceptors (Lipinski definition) is 3. The summed E-state index contributed by atoms with van der Waals surface area (Å²) < 4.78 is 64.8. The number of anilines is 3. The van der Waals surface area contributed by atoms with Crippen LogP contribution in [-0.2, 0) is 9.59 Å². The third kappa shape index (κ3) is 6.49. The Morgan fingerprint density at radius 3 is 2.10 bits per heavy atom. The topological polar surface area (TPSA) is 87.3 Å². The second kappa shape index (κ2) is 11.4. The largest absolute Gasteiger partial charge is 0.471 e. The third-order valence-corrected chi connectivity index (χ3v) is 7.96. The van der Waals surface area contributed by atoms with Gasteiger partial charge in [0.25, 0.3) is 5.91 Å². The lowest BCUT2D eigenvalue weighted by atomic mass is 10.1. The normalized spacial score (nSPS) is 17.5. The molecule has 2 atom stereocenters. The highest BCUT2D eigenvalue weighted by Crippen LogP contribution is 2.65. The lowest BCUT2D eigenvalue weighted by molar-refractivity contribution is -0.167. The van der Waals surface area contributed by atoms with Gasteiger partial charge in [0.1, 0.15) is 15.8 Å². The maximum Gasteiger partial charge on any atom is 0.471 e. The van der Waals surface area contributed by atoms with E-state index in [1.54, 1.807) is 6.07 Å². The molecule has 3 N–H and O–H groups in total. The van der Waals surface area contributed by atoms with Crippen LogP contribution in [0.5, 0.6) is 0 Å². The minimum atomic E-state index is -5.43. The van der Waals surface area contributed by atoms with E-state index in [0.717, 1.165) is 17.4 Å². The van der Waals surface area contributed by atoms with Crippen molar-refractivity contribution in [1.29, 1.82) is 0 Å². The molecular formula is C25H13Cl5F5N3O3. The molecule has 1 aliphatic rings. The fourth-order valence-electron chi connectivity index (χ4n) is 3.91. The van der Waals surface area contributed by atoms with Gasteiger partial charge in [0.05, 0.1) is 32.2 Å². The quantitative estimate of drug-likeness (QED) is 0.182. The highest BCUT2D eigenvalue weighted by atomic mass is 35.5.